The highest BCUT2D eigenvalue weighted by molar-refractivity contribution is 5.98. The zero-order valence-electron chi connectivity index (χ0n) is 14.8. The van der Waals surface area contributed by atoms with Crippen molar-refractivity contribution in [1.29, 1.82) is 0 Å². The van der Waals surface area contributed by atoms with E-state index in [1.165, 1.54) is 24.3 Å². The summed E-state index contributed by atoms with van der Waals surface area (Å²) in [4.78, 5) is 13.0. The standard InChI is InChI=1S/C23H16O5/c1-2-4-13-5-3-6-18-21(13)22(26)28-23(18)16-9-7-14(24)11-19(16)27-20-12-15(25)8-10-17(20)23/h2-3,5-12,24-25H,1,4H2. The van der Waals surface area contributed by atoms with Crippen LogP contribution in [-0.4, -0.2) is 16.2 Å². The Hall–Kier alpha value is -3.73. The number of aromatic hydroxyl groups is 2. The Morgan fingerprint density at radius 1 is 0.929 bits per heavy atom. The minimum atomic E-state index is -1.21. The highest BCUT2D eigenvalue weighted by Gasteiger charge is 2.54. The lowest BCUT2D eigenvalue weighted by Crippen LogP contribution is -2.32. The van der Waals surface area contributed by atoms with E-state index in [0.717, 1.165) is 5.56 Å². The average Bonchev–Trinajstić information content (AvgIpc) is 2.96. The van der Waals surface area contributed by atoms with Gasteiger partial charge in [0.15, 0.2) is 5.60 Å². The molecule has 138 valence electrons. The van der Waals surface area contributed by atoms with Crippen LogP contribution < -0.4 is 4.74 Å². The van der Waals surface area contributed by atoms with Crippen LogP contribution >= 0.6 is 0 Å². The molecule has 0 atom stereocenters. The molecular weight excluding hydrogens is 356 g/mol. The molecule has 3 aromatic carbocycles. The van der Waals surface area contributed by atoms with Crippen LogP contribution in [0.1, 0.15) is 32.6 Å². The normalized spacial score (nSPS) is 15.2. The van der Waals surface area contributed by atoms with Gasteiger partial charge in [0.2, 0.25) is 0 Å². The summed E-state index contributed by atoms with van der Waals surface area (Å²) in [6.07, 6.45) is 2.28. The highest BCUT2D eigenvalue weighted by Crippen LogP contribution is 2.57. The van der Waals surface area contributed by atoms with Crippen molar-refractivity contribution in [1.82, 2.24) is 0 Å². The fraction of sp³-hybridized carbons (Fsp3) is 0.0870. The number of carbonyl (C=O) groups excluding carboxylic acids is 1. The van der Waals surface area contributed by atoms with Crippen LogP contribution in [0.2, 0.25) is 0 Å². The Balaban J connectivity index is 1.88. The van der Waals surface area contributed by atoms with Gasteiger partial charge in [0.05, 0.1) is 5.56 Å². The number of allylic oxidation sites excluding steroid dienone is 1. The van der Waals surface area contributed by atoms with Gasteiger partial charge in [-0.25, -0.2) is 4.79 Å². The van der Waals surface area contributed by atoms with Crippen LogP contribution in [0, 0.1) is 0 Å². The molecular formula is C23H16O5. The highest BCUT2D eigenvalue weighted by atomic mass is 16.6. The first-order chi connectivity index (χ1) is 13.5. The summed E-state index contributed by atoms with van der Waals surface area (Å²) >= 11 is 0. The molecule has 2 heterocycles. The second kappa shape index (κ2) is 5.63. The summed E-state index contributed by atoms with van der Waals surface area (Å²) in [6, 6.07) is 15.1. The molecule has 0 radical (unpaired) electrons. The molecule has 0 aliphatic carbocycles. The molecule has 0 saturated heterocycles. The molecule has 2 aliphatic heterocycles. The maximum atomic E-state index is 13.0. The number of rotatable bonds is 2. The van der Waals surface area contributed by atoms with Crippen LogP contribution in [-0.2, 0) is 16.8 Å². The maximum absolute atomic E-state index is 13.0. The lowest BCUT2D eigenvalue weighted by atomic mass is 9.77. The summed E-state index contributed by atoms with van der Waals surface area (Å²) in [5.41, 5.74) is 2.08. The average molecular weight is 372 g/mol. The SMILES string of the molecule is C=CCc1cccc2c1C(=O)OC21c2ccc(O)cc2Oc2cc(O)ccc21. The second-order valence-electron chi connectivity index (χ2n) is 6.87. The van der Waals surface area contributed by atoms with Gasteiger partial charge in [-0.15, -0.1) is 6.58 Å². The first-order valence-electron chi connectivity index (χ1n) is 8.86. The van der Waals surface area contributed by atoms with Gasteiger partial charge in [0.1, 0.15) is 23.0 Å². The van der Waals surface area contributed by atoms with Gasteiger partial charge in [0, 0.05) is 28.8 Å². The van der Waals surface area contributed by atoms with Crippen LogP contribution in [0.15, 0.2) is 67.3 Å². The minimum absolute atomic E-state index is 0.0301. The molecule has 0 saturated carbocycles. The van der Waals surface area contributed by atoms with Gasteiger partial charge < -0.3 is 19.7 Å². The fourth-order valence-electron chi connectivity index (χ4n) is 4.14. The molecule has 0 amide bonds. The summed E-state index contributed by atoms with van der Waals surface area (Å²) in [7, 11) is 0. The van der Waals surface area contributed by atoms with Crippen molar-refractivity contribution in [3.8, 4) is 23.0 Å². The van der Waals surface area contributed by atoms with Crippen molar-refractivity contribution in [2.24, 2.45) is 0 Å². The van der Waals surface area contributed by atoms with Crippen LogP contribution in [0.3, 0.4) is 0 Å². The van der Waals surface area contributed by atoms with E-state index in [1.807, 2.05) is 18.2 Å². The van der Waals surface area contributed by atoms with E-state index in [-0.39, 0.29) is 11.5 Å². The van der Waals surface area contributed by atoms with Crippen LogP contribution in [0.25, 0.3) is 0 Å². The van der Waals surface area contributed by atoms with Crippen molar-refractivity contribution in [3.63, 3.8) is 0 Å². The topological polar surface area (TPSA) is 76.0 Å². The molecule has 0 fully saturated rings. The molecule has 28 heavy (non-hydrogen) atoms. The quantitative estimate of drug-likeness (QED) is 0.515. The molecule has 2 aliphatic rings. The van der Waals surface area contributed by atoms with E-state index in [1.54, 1.807) is 18.2 Å². The largest absolute Gasteiger partial charge is 0.508 e. The Bertz CT molecular complexity index is 1110. The van der Waals surface area contributed by atoms with E-state index >= 15 is 0 Å². The molecule has 5 heteroatoms. The smallest absolute Gasteiger partial charge is 0.340 e. The predicted octanol–water partition coefficient (Wildman–Crippen LogP) is 4.39. The van der Waals surface area contributed by atoms with E-state index < -0.39 is 11.6 Å². The van der Waals surface area contributed by atoms with Crippen molar-refractivity contribution >= 4 is 5.97 Å². The van der Waals surface area contributed by atoms with Crippen LogP contribution in [0.4, 0.5) is 0 Å². The second-order valence-corrected chi connectivity index (χ2v) is 6.87. The zero-order valence-corrected chi connectivity index (χ0v) is 14.8. The van der Waals surface area contributed by atoms with E-state index in [2.05, 4.69) is 6.58 Å². The predicted molar refractivity (Wildman–Crippen MR) is 102 cm³/mol. The number of carbonyl (C=O) groups is 1. The molecule has 2 N–H and O–H groups in total. The lowest BCUT2D eigenvalue weighted by molar-refractivity contribution is 0.0224. The molecule has 0 aromatic heterocycles. The zero-order chi connectivity index (χ0) is 19.5. The van der Waals surface area contributed by atoms with Gasteiger partial charge in [-0.1, -0.05) is 24.3 Å². The first-order valence-corrected chi connectivity index (χ1v) is 8.86. The number of fused-ring (bicyclic) bond motifs is 6. The third-order valence-corrected chi connectivity index (χ3v) is 5.25. The lowest BCUT2D eigenvalue weighted by Gasteiger charge is -2.36. The maximum Gasteiger partial charge on any atom is 0.340 e. The number of ether oxygens (including phenoxy) is 2. The van der Waals surface area contributed by atoms with Gasteiger partial charge in [-0.05, 0) is 36.2 Å². The van der Waals surface area contributed by atoms with Gasteiger partial charge in [0.25, 0.3) is 0 Å². The van der Waals surface area contributed by atoms with Crippen molar-refractivity contribution in [2.45, 2.75) is 12.0 Å². The number of esters is 1. The fourth-order valence-corrected chi connectivity index (χ4v) is 4.14. The summed E-state index contributed by atoms with van der Waals surface area (Å²) < 4.78 is 12.0. The Morgan fingerprint density at radius 2 is 1.57 bits per heavy atom. The number of phenolic OH excluding ortho intramolecular Hbond substituents is 2. The monoisotopic (exact) mass is 372 g/mol. The van der Waals surface area contributed by atoms with Crippen LogP contribution in [0.5, 0.6) is 23.0 Å². The van der Waals surface area contributed by atoms with Crippen molar-refractivity contribution in [3.05, 3.63) is 95.1 Å². The number of hydrogen-bond acceptors (Lipinski definition) is 5. The van der Waals surface area contributed by atoms with Crippen molar-refractivity contribution < 1.29 is 24.5 Å². The van der Waals surface area contributed by atoms with Gasteiger partial charge in [-0.2, -0.15) is 0 Å². The summed E-state index contributed by atoms with van der Waals surface area (Å²) in [6.45, 7) is 3.77. The first kappa shape index (κ1) is 16.4. The summed E-state index contributed by atoms with van der Waals surface area (Å²) in [5.74, 6) is 0.373. The van der Waals surface area contributed by atoms with Gasteiger partial charge >= 0.3 is 5.97 Å². The molecule has 3 aromatic rings. The molecule has 5 rings (SSSR count). The number of phenols is 2. The Labute approximate surface area is 161 Å². The molecule has 0 unspecified atom stereocenters. The van der Waals surface area contributed by atoms with Gasteiger partial charge in [-0.3, -0.25) is 0 Å². The molecule has 0 bridgehead atoms. The summed E-state index contributed by atoms with van der Waals surface area (Å²) in [5, 5.41) is 19.9. The Kier molecular flexibility index (Phi) is 3.31. The minimum Gasteiger partial charge on any atom is -0.508 e. The third-order valence-electron chi connectivity index (χ3n) is 5.25. The van der Waals surface area contributed by atoms with Crippen molar-refractivity contribution in [2.75, 3.05) is 0 Å². The third kappa shape index (κ3) is 2.04. The van der Waals surface area contributed by atoms with E-state index in [9.17, 15) is 15.0 Å². The van der Waals surface area contributed by atoms with E-state index in [4.69, 9.17) is 9.47 Å². The number of hydrogen-bond donors (Lipinski definition) is 2. The van der Waals surface area contributed by atoms with E-state index in [0.29, 0.717) is 40.2 Å². The Morgan fingerprint density at radius 3 is 2.18 bits per heavy atom. The number of benzene rings is 3. The molecule has 1 spiro atoms. The molecule has 5 nitrogen and oxygen atoms in total.